The Morgan fingerprint density at radius 3 is 1.68 bits per heavy atom. The van der Waals surface area contributed by atoms with Crippen LogP contribution in [-0.4, -0.2) is 6.17 Å². The molecule has 0 aliphatic carbocycles. The van der Waals surface area contributed by atoms with Gasteiger partial charge in [-0.1, -0.05) is 109 Å². The highest BCUT2D eigenvalue weighted by Gasteiger charge is 2.21. The molecular weight excluding hydrogens is 576 g/mol. The van der Waals surface area contributed by atoms with Crippen LogP contribution < -0.4 is 10.6 Å². The van der Waals surface area contributed by atoms with Crippen molar-refractivity contribution in [2.24, 2.45) is 20.5 Å². The first kappa shape index (κ1) is 39.9. The summed E-state index contributed by atoms with van der Waals surface area (Å²) in [6, 6.07) is 22.2. The number of nitrogens with zero attached hydrogens (tertiary/aromatic N) is 4. The Hall–Kier alpha value is -5.10. The molecule has 0 amide bonds. The molecule has 5 rings (SSSR count). The lowest BCUT2D eigenvalue weighted by Gasteiger charge is -2.30. The number of hydrogen-bond donors (Lipinski definition) is 2. The van der Waals surface area contributed by atoms with Crippen LogP contribution in [0.3, 0.4) is 0 Å². The Labute approximate surface area is 283 Å². The van der Waals surface area contributed by atoms with Crippen LogP contribution in [0.4, 0.5) is 28.4 Å². The van der Waals surface area contributed by atoms with Gasteiger partial charge in [-0.25, -0.2) is 0 Å². The maximum Gasteiger partial charge on any atom is 0.119 e. The first-order valence-corrected chi connectivity index (χ1v) is 16.6. The number of rotatable bonds is 7. The fraction of sp³-hybridized carbons (Fsp3) is 0.268. The molecule has 0 bridgehead atoms. The Kier molecular flexibility index (Phi) is 19.0. The largest absolute Gasteiger partial charge is 0.361 e. The van der Waals surface area contributed by atoms with Gasteiger partial charge in [0, 0.05) is 32.9 Å². The molecule has 0 saturated heterocycles. The molecule has 6 nitrogen and oxygen atoms in total. The minimum Gasteiger partial charge on any atom is -0.361 e. The zero-order chi connectivity index (χ0) is 35.2. The van der Waals surface area contributed by atoms with Crippen molar-refractivity contribution in [1.29, 1.82) is 0 Å². The van der Waals surface area contributed by atoms with Crippen LogP contribution in [0.2, 0.25) is 0 Å². The van der Waals surface area contributed by atoms with Crippen molar-refractivity contribution in [1.82, 2.24) is 0 Å². The average Bonchev–Trinajstić information content (AvgIpc) is 3.14. The number of benzene rings is 4. The monoisotopic (exact) mass is 630 g/mol. The topological polar surface area (TPSA) is 73.5 Å². The first-order valence-electron chi connectivity index (χ1n) is 16.6. The van der Waals surface area contributed by atoms with E-state index < -0.39 is 0 Å². The van der Waals surface area contributed by atoms with Crippen LogP contribution >= 0.6 is 0 Å². The van der Waals surface area contributed by atoms with Crippen molar-refractivity contribution in [3.63, 3.8) is 0 Å². The highest BCUT2D eigenvalue weighted by atomic mass is 15.2. The third-order valence-corrected chi connectivity index (χ3v) is 6.61. The predicted molar refractivity (Wildman–Crippen MR) is 210 cm³/mol. The van der Waals surface area contributed by atoms with Gasteiger partial charge >= 0.3 is 0 Å². The van der Waals surface area contributed by atoms with Gasteiger partial charge < -0.3 is 10.6 Å². The molecule has 1 heterocycles. The van der Waals surface area contributed by atoms with E-state index in [0.717, 1.165) is 50.0 Å². The summed E-state index contributed by atoms with van der Waals surface area (Å²) in [6.45, 7) is 27.2. The molecule has 248 valence electrons. The predicted octanol–water partition coefficient (Wildman–Crippen LogP) is 14.5. The van der Waals surface area contributed by atoms with Crippen LogP contribution in [0.15, 0.2) is 148 Å². The lowest BCUT2D eigenvalue weighted by atomic mass is 10.0. The summed E-state index contributed by atoms with van der Waals surface area (Å²) in [5.74, 6) is 0. The third-order valence-electron chi connectivity index (χ3n) is 6.61. The van der Waals surface area contributed by atoms with Gasteiger partial charge in [0.05, 0.1) is 22.8 Å². The lowest BCUT2D eigenvalue weighted by molar-refractivity contribution is 0.930. The highest BCUT2D eigenvalue weighted by Crippen LogP contribution is 2.41. The van der Waals surface area contributed by atoms with Gasteiger partial charge in [-0.15, -0.1) is 21.9 Å². The van der Waals surface area contributed by atoms with E-state index in [1.165, 1.54) is 5.57 Å². The van der Waals surface area contributed by atoms with Crippen LogP contribution in [0.1, 0.15) is 69.2 Å². The van der Waals surface area contributed by atoms with Gasteiger partial charge in [-0.3, -0.25) is 0 Å². The Bertz CT molecular complexity index is 1710. The van der Waals surface area contributed by atoms with Crippen molar-refractivity contribution >= 4 is 50.0 Å². The van der Waals surface area contributed by atoms with Gasteiger partial charge in [0.25, 0.3) is 0 Å². The number of allylic oxidation sites excluding steroid dienone is 6. The van der Waals surface area contributed by atoms with Crippen molar-refractivity contribution in [3.8, 4) is 0 Å². The molecule has 1 aliphatic heterocycles. The molecule has 6 heteroatoms. The summed E-state index contributed by atoms with van der Waals surface area (Å²) < 4.78 is 0. The van der Waals surface area contributed by atoms with E-state index in [-0.39, 0.29) is 6.17 Å². The van der Waals surface area contributed by atoms with Crippen molar-refractivity contribution in [3.05, 3.63) is 128 Å². The van der Waals surface area contributed by atoms with Gasteiger partial charge in [0.15, 0.2) is 0 Å². The quantitative estimate of drug-likeness (QED) is 0.121. The van der Waals surface area contributed by atoms with E-state index >= 15 is 0 Å². The third kappa shape index (κ3) is 10.7. The van der Waals surface area contributed by atoms with Gasteiger partial charge in [-0.2, -0.15) is 5.11 Å². The molecule has 0 spiro atoms. The lowest BCUT2D eigenvalue weighted by Crippen LogP contribution is -2.32. The normalized spacial score (nSPS) is 13.6. The van der Waals surface area contributed by atoms with Crippen LogP contribution in [0.25, 0.3) is 21.5 Å². The summed E-state index contributed by atoms with van der Waals surface area (Å²) in [5.41, 5.74) is 6.44. The Morgan fingerprint density at radius 2 is 1.15 bits per heavy atom. The SMILES string of the molecule is C=C/C(=C\C=C/C)N=Nc1ccc(N=Nc2ccc3c4c(cccc24)NC(/C(C)=C/C)N3)c2ccccc12.C=CC.CC.CC.CC. The van der Waals surface area contributed by atoms with Gasteiger partial charge in [-0.05, 0) is 75.8 Å². The molecule has 0 radical (unpaired) electrons. The second-order valence-electron chi connectivity index (χ2n) is 9.39. The maximum atomic E-state index is 4.69. The Morgan fingerprint density at radius 1 is 0.660 bits per heavy atom. The van der Waals surface area contributed by atoms with Crippen LogP contribution in [0.5, 0.6) is 0 Å². The van der Waals surface area contributed by atoms with E-state index in [0.29, 0.717) is 5.70 Å². The molecule has 0 saturated carbocycles. The van der Waals surface area contributed by atoms with Crippen molar-refractivity contribution in [2.75, 3.05) is 10.6 Å². The van der Waals surface area contributed by atoms with Crippen molar-refractivity contribution < 1.29 is 0 Å². The van der Waals surface area contributed by atoms with Crippen LogP contribution in [0, 0.1) is 0 Å². The fourth-order valence-corrected chi connectivity index (χ4v) is 4.46. The summed E-state index contributed by atoms with van der Waals surface area (Å²) in [4.78, 5) is 0. The Balaban J connectivity index is 0.00000112. The number of hydrogen-bond acceptors (Lipinski definition) is 6. The molecule has 1 unspecified atom stereocenters. The minimum absolute atomic E-state index is 0.0637. The van der Waals surface area contributed by atoms with E-state index in [4.69, 9.17) is 5.11 Å². The standard InChI is InChI=1S/C32H30N6.C3H6.3C2H6/c1-5-8-12-22(7-3)35-36-26-17-18-27(24-14-10-9-13-23(24)26)37-38-28-19-20-30-31-25(28)15-11-16-29(31)33-32(34-30)21(4)6-2;1-3-2;3*1-2/h5-20,32-34H,3H2,1-2,4H3;3H,1H2,2H3;3*1-2H3/b8-5-,21-6+,22-12+,36-35?,38-37?;;;;. The number of nitrogens with one attached hydrogen (secondary N) is 2. The zero-order valence-corrected chi connectivity index (χ0v) is 30.1. The second kappa shape index (κ2) is 22.4. The summed E-state index contributed by atoms with van der Waals surface area (Å²) in [5, 5.41) is 29.5. The van der Waals surface area contributed by atoms with Crippen molar-refractivity contribution in [2.45, 2.75) is 75.4 Å². The van der Waals surface area contributed by atoms with E-state index in [9.17, 15) is 0 Å². The molecule has 1 aliphatic rings. The van der Waals surface area contributed by atoms with E-state index in [1.54, 1.807) is 12.2 Å². The molecule has 4 aromatic rings. The van der Waals surface area contributed by atoms with Gasteiger partial charge in [0.2, 0.25) is 0 Å². The summed E-state index contributed by atoms with van der Waals surface area (Å²) >= 11 is 0. The molecule has 1 atom stereocenters. The number of anilines is 2. The molecule has 47 heavy (non-hydrogen) atoms. The summed E-state index contributed by atoms with van der Waals surface area (Å²) in [7, 11) is 0. The molecule has 0 aromatic heterocycles. The second-order valence-corrected chi connectivity index (χ2v) is 9.39. The first-order chi connectivity index (χ1) is 23.0. The van der Waals surface area contributed by atoms with Crippen LogP contribution in [-0.2, 0) is 0 Å². The number of azo groups is 2. The average molecular weight is 631 g/mol. The molecule has 0 fully saturated rings. The molecule has 2 N–H and O–H groups in total. The summed E-state index contributed by atoms with van der Waals surface area (Å²) in [6.07, 6.45) is 11.3. The van der Waals surface area contributed by atoms with Gasteiger partial charge in [0.1, 0.15) is 6.17 Å². The van der Waals surface area contributed by atoms with E-state index in [1.807, 2.05) is 116 Å². The molecular formula is C41H54N6. The number of fused-ring (bicyclic) bond motifs is 1. The smallest absolute Gasteiger partial charge is 0.119 e. The minimum atomic E-state index is 0.0637. The maximum absolute atomic E-state index is 4.69. The zero-order valence-electron chi connectivity index (χ0n) is 30.1. The highest BCUT2D eigenvalue weighted by molar-refractivity contribution is 6.09. The molecule has 4 aromatic carbocycles. The fourth-order valence-electron chi connectivity index (χ4n) is 4.46. The van der Waals surface area contributed by atoms with E-state index in [2.05, 4.69) is 83.3 Å².